The maximum absolute atomic E-state index is 6.61. The van der Waals surface area contributed by atoms with E-state index in [2.05, 4.69) is 51.9 Å². The second-order valence-electron chi connectivity index (χ2n) is 5.41. The first-order valence-electron chi connectivity index (χ1n) is 7.00. The van der Waals surface area contributed by atoms with Crippen LogP contribution in [0.5, 0.6) is 5.75 Å². The van der Waals surface area contributed by atoms with Gasteiger partial charge in [0.2, 0.25) is 0 Å². The molecule has 0 amide bonds. The third-order valence-electron chi connectivity index (χ3n) is 4.51. The number of rotatable bonds is 6. The fraction of sp³-hybridized carbons (Fsp3) is 0.625. The predicted molar refractivity (Wildman–Crippen MR) is 81.7 cm³/mol. The van der Waals surface area contributed by atoms with E-state index in [1.807, 2.05) is 6.07 Å². The lowest BCUT2D eigenvalue weighted by Gasteiger charge is -2.44. The van der Waals surface area contributed by atoms with Gasteiger partial charge in [-0.1, -0.05) is 19.9 Å². The van der Waals surface area contributed by atoms with Gasteiger partial charge in [-0.25, -0.2) is 0 Å². The van der Waals surface area contributed by atoms with Crippen LogP contribution in [0.15, 0.2) is 18.2 Å². The zero-order chi connectivity index (χ0) is 14.6. The lowest BCUT2D eigenvalue weighted by Crippen LogP contribution is -2.51. The van der Waals surface area contributed by atoms with Crippen molar-refractivity contribution in [2.45, 2.75) is 45.2 Å². The molecule has 1 aromatic rings. The predicted octanol–water partition coefficient (Wildman–Crippen LogP) is 3.12. The number of nitrogens with two attached hydrogens (primary N) is 1. The lowest BCUT2D eigenvalue weighted by molar-refractivity contribution is 0.105. The molecule has 0 saturated heterocycles. The van der Waals surface area contributed by atoms with E-state index in [1.54, 1.807) is 7.11 Å². The highest BCUT2D eigenvalue weighted by molar-refractivity contribution is 5.38. The second-order valence-corrected chi connectivity index (χ2v) is 5.41. The van der Waals surface area contributed by atoms with Crippen molar-refractivity contribution in [1.82, 2.24) is 4.90 Å². The zero-order valence-corrected chi connectivity index (χ0v) is 13.2. The lowest BCUT2D eigenvalue weighted by atomic mass is 9.79. The Labute approximate surface area is 117 Å². The van der Waals surface area contributed by atoms with Crippen LogP contribution in [0.2, 0.25) is 0 Å². The summed E-state index contributed by atoms with van der Waals surface area (Å²) in [5.74, 6) is 0.886. The fourth-order valence-corrected chi connectivity index (χ4v) is 3.01. The number of hydrogen-bond acceptors (Lipinski definition) is 3. The Kier molecular flexibility index (Phi) is 5.39. The molecule has 0 fully saturated rings. The summed E-state index contributed by atoms with van der Waals surface area (Å²) < 4.78 is 5.26. The maximum atomic E-state index is 6.61. The van der Waals surface area contributed by atoms with Gasteiger partial charge in [-0.05, 0) is 57.1 Å². The first-order chi connectivity index (χ1) is 8.92. The molecule has 1 rings (SSSR count). The zero-order valence-electron chi connectivity index (χ0n) is 13.2. The maximum Gasteiger partial charge on any atom is 0.119 e. The molecule has 0 radical (unpaired) electrons. The van der Waals surface area contributed by atoms with E-state index in [0.29, 0.717) is 0 Å². The van der Waals surface area contributed by atoms with E-state index in [-0.39, 0.29) is 11.6 Å². The second kappa shape index (κ2) is 6.40. The molecule has 3 heteroatoms. The standard InChI is InChI=1S/C16H28N2O/c1-7-16(8-2,18(4)5)15(17)14-10-9-13(19-6)11-12(14)3/h9-11,15H,7-8,17H2,1-6H3. The van der Waals surface area contributed by atoms with Crippen LogP contribution in [0.4, 0.5) is 0 Å². The topological polar surface area (TPSA) is 38.5 Å². The van der Waals surface area contributed by atoms with Gasteiger partial charge in [0.1, 0.15) is 5.75 Å². The van der Waals surface area contributed by atoms with Gasteiger partial charge in [-0.15, -0.1) is 0 Å². The van der Waals surface area contributed by atoms with Crippen molar-refractivity contribution >= 4 is 0 Å². The number of nitrogens with zero attached hydrogens (tertiary/aromatic N) is 1. The first kappa shape index (κ1) is 16.0. The molecule has 0 aliphatic carbocycles. The Hall–Kier alpha value is -1.06. The van der Waals surface area contributed by atoms with E-state index in [9.17, 15) is 0 Å². The number of hydrogen-bond donors (Lipinski definition) is 1. The molecular weight excluding hydrogens is 236 g/mol. The van der Waals surface area contributed by atoms with E-state index >= 15 is 0 Å². The van der Waals surface area contributed by atoms with Crippen LogP contribution >= 0.6 is 0 Å². The minimum Gasteiger partial charge on any atom is -0.497 e. The molecule has 0 saturated carbocycles. The Bertz CT molecular complexity index is 411. The molecule has 1 atom stereocenters. The first-order valence-corrected chi connectivity index (χ1v) is 7.00. The van der Waals surface area contributed by atoms with E-state index < -0.39 is 0 Å². The van der Waals surface area contributed by atoms with Crippen LogP contribution in [0.1, 0.15) is 43.9 Å². The molecule has 1 aromatic carbocycles. The molecule has 0 heterocycles. The van der Waals surface area contributed by atoms with Crippen LogP contribution in [0.3, 0.4) is 0 Å². The average molecular weight is 264 g/mol. The Morgan fingerprint density at radius 3 is 2.21 bits per heavy atom. The fourth-order valence-electron chi connectivity index (χ4n) is 3.01. The van der Waals surface area contributed by atoms with Gasteiger partial charge in [0.15, 0.2) is 0 Å². The number of aryl methyl sites for hydroxylation is 1. The molecule has 0 aliphatic heterocycles. The van der Waals surface area contributed by atoms with Crippen molar-refractivity contribution in [1.29, 1.82) is 0 Å². The summed E-state index contributed by atoms with van der Waals surface area (Å²) in [6.07, 6.45) is 2.06. The highest BCUT2D eigenvalue weighted by Crippen LogP contribution is 2.36. The minimum absolute atomic E-state index is 0.000646. The molecule has 108 valence electrons. The van der Waals surface area contributed by atoms with Gasteiger partial charge in [-0.3, -0.25) is 0 Å². The number of methoxy groups -OCH3 is 1. The largest absolute Gasteiger partial charge is 0.497 e. The van der Waals surface area contributed by atoms with Crippen molar-refractivity contribution in [2.24, 2.45) is 5.73 Å². The van der Waals surface area contributed by atoms with Crippen molar-refractivity contribution in [3.05, 3.63) is 29.3 Å². The van der Waals surface area contributed by atoms with Gasteiger partial charge in [0, 0.05) is 11.6 Å². The van der Waals surface area contributed by atoms with Crippen LogP contribution in [-0.2, 0) is 0 Å². The van der Waals surface area contributed by atoms with Crippen LogP contribution < -0.4 is 10.5 Å². The third kappa shape index (κ3) is 2.93. The van der Waals surface area contributed by atoms with Crippen LogP contribution in [0.25, 0.3) is 0 Å². The molecule has 0 spiro atoms. The average Bonchev–Trinajstić information content (AvgIpc) is 2.39. The van der Waals surface area contributed by atoms with Gasteiger partial charge < -0.3 is 15.4 Å². The number of benzene rings is 1. The smallest absolute Gasteiger partial charge is 0.119 e. The SMILES string of the molecule is CCC(CC)(C(N)c1ccc(OC)cc1C)N(C)C. The summed E-state index contributed by atoms with van der Waals surface area (Å²) in [7, 11) is 5.92. The Morgan fingerprint density at radius 1 is 1.26 bits per heavy atom. The van der Waals surface area contributed by atoms with Crippen LogP contribution in [0, 0.1) is 6.92 Å². The summed E-state index contributed by atoms with van der Waals surface area (Å²) in [4.78, 5) is 2.27. The molecule has 2 N–H and O–H groups in total. The molecule has 0 aromatic heterocycles. The summed E-state index contributed by atoms with van der Waals surface area (Å²) in [5.41, 5.74) is 9.01. The van der Waals surface area contributed by atoms with Gasteiger partial charge >= 0.3 is 0 Å². The van der Waals surface area contributed by atoms with Crippen molar-refractivity contribution < 1.29 is 4.74 Å². The Morgan fingerprint density at radius 2 is 1.84 bits per heavy atom. The van der Waals surface area contributed by atoms with E-state index in [1.165, 1.54) is 11.1 Å². The molecule has 19 heavy (non-hydrogen) atoms. The summed E-state index contributed by atoms with van der Waals surface area (Å²) >= 11 is 0. The number of likely N-dealkylation sites (N-methyl/N-ethyl adjacent to an activating group) is 1. The quantitative estimate of drug-likeness (QED) is 0.858. The van der Waals surface area contributed by atoms with Crippen molar-refractivity contribution in [2.75, 3.05) is 21.2 Å². The molecule has 3 nitrogen and oxygen atoms in total. The van der Waals surface area contributed by atoms with Gasteiger partial charge in [0.25, 0.3) is 0 Å². The highest BCUT2D eigenvalue weighted by atomic mass is 16.5. The molecule has 0 bridgehead atoms. The minimum atomic E-state index is -0.000646. The van der Waals surface area contributed by atoms with Crippen LogP contribution in [-0.4, -0.2) is 31.6 Å². The third-order valence-corrected chi connectivity index (χ3v) is 4.51. The van der Waals surface area contributed by atoms with Crippen molar-refractivity contribution in [3.63, 3.8) is 0 Å². The van der Waals surface area contributed by atoms with Gasteiger partial charge in [-0.2, -0.15) is 0 Å². The Balaban J connectivity index is 3.20. The van der Waals surface area contributed by atoms with E-state index in [0.717, 1.165) is 18.6 Å². The molecule has 0 aliphatic rings. The van der Waals surface area contributed by atoms with Crippen molar-refractivity contribution in [3.8, 4) is 5.75 Å². The summed E-state index contributed by atoms with van der Waals surface area (Å²) in [6, 6.07) is 6.15. The monoisotopic (exact) mass is 264 g/mol. The summed E-state index contributed by atoms with van der Waals surface area (Å²) in [5, 5.41) is 0. The normalized spacial score (nSPS) is 13.7. The molecule has 1 unspecified atom stereocenters. The molecular formula is C16H28N2O. The highest BCUT2D eigenvalue weighted by Gasteiger charge is 2.37. The summed E-state index contributed by atoms with van der Waals surface area (Å²) in [6.45, 7) is 6.52. The van der Waals surface area contributed by atoms with Gasteiger partial charge in [0.05, 0.1) is 7.11 Å². The van der Waals surface area contributed by atoms with E-state index in [4.69, 9.17) is 10.5 Å². The number of ether oxygens (including phenoxy) is 1.